The Morgan fingerprint density at radius 1 is 1.32 bits per heavy atom. The molecule has 0 fully saturated rings. The average molecular weight is 408 g/mol. The molecule has 0 unspecified atom stereocenters. The summed E-state index contributed by atoms with van der Waals surface area (Å²) >= 11 is 6.29. The van der Waals surface area contributed by atoms with Crippen LogP contribution in [0.4, 0.5) is 5.69 Å². The van der Waals surface area contributed by atoms with Crippen LogP contribution in [0.5, 0.6) is 5.75 Å². The number of amides is 1. The molecule has 1 aromatic heterocycles. The van der Waals surface area contributed by atoms with E-state index in [0.717, 1.165) is 18.4 Å². The normalized spacial score (nSPS) is 11.8. The van der Waals surface area contributed by atoms with Crippen molar-refractivity contribution in [2.24, 2.45) is 0 Å². The van der Waals surface area contributed by atoms with Gasteiger partial charge < -0.3 is 14.8 Å². The third-order valence-electron chi connectivity index (χ3n) is 4.26. The Balaban J connectivity index is 2.09. The maximum atomic E-state index is 12.6. The minimum Gasteiger partial charge on any atom is -0.495 e. The van der Waals surface area contributed by atoms with Gasteiger partial charge in [0.1, 0.15) is 16.5 Å². The van der Waals surface area contributed by atoms with E-state index in [9.17, 15) is 9.59 Å². The first kappa shape index (κ1) is 21.8. The van der Waals surface area contributed by atoms with Crippen LogP contribution in [0, 0.1) is 13.8 Å². The number of benzene rings is 1. The molecule has 1 N–H and O–H groups in total. The minimum atomic E-state index is -1.02. The van der Waals surface area contributed by atoms with Crippen molar-refractivity contribution >= 4 is 29.2 Å². The summed E-state index contributed by atoms with van der Waals surface area (Å²) in [5, 5.41) is 7.24. The number of rotatable bonds is 8. The van der Waals surface area contributed by atoms with E-state index in [-0.39, 0.29) is 10.7 Å². The van der Waals surface area contributed by atoms with E-state index in [0.29, 0.717) is 23.7 Å². The zero-order valence-electron chi connectivity index (χ0n) is 16.8. The van der Waals surface area contributed by atoms with Crippen molar-refractivity contribution in [3.63, 3.8) is 0 Å². The standard InChI is InChI=1S/C20H26ClN3O4/c1-6-7-10-24-18(21)17(13(3)23-24)20(26)28-14(4)19(25)22-15-11-12(2)8-9-16(15)27-5/h8-9,11,14H,6-7,10H2,1-5H3,(H,22,25)/t14-/m0/s1. The van der Waals surface area contributed by atoms with Crippen LogP contribution in [0.2, 0.25) is 5.15 Å². The van der Waals surface area contributed by atoms with Gasteiger partial charge >= 0.3 is 5.97 Å². The third kappa shape index (κ3) is 5.04. The molecule has 0 aliphatic carbocycles. The Morgan fingerprint density at radius 3 is 2.68 bits per heavy atom. The first-order valence-electron chi connectivity index (χ1n) is 9.17. The number of anilines is 1. The van der Waals surface area contributed by atoms with E-state index >= 15 is 0 Å². The number of aromatic nitrogens is 2. The summed E-state index contributed by atoms with van der Waals surface area (Å²) in [6, 6.07) is 5.42. The Morgan fingerprint density at radius 2 is 2.04 bits per heavy atom. The molecule has 0 aliphatic rings. The number of aryl methyl sites for hydroxylation is 3. The van der Waals surface area contributed by atoms with E-state index in [1.807, 2.05) is 13.0 Å². The van der Waals surface area contributed by atoms with Crippen LogP contribution in [0.1, 0.15) is 48.3 Å². The molecule has 2 rings (SSSR count). The van der Waals surface area contributed by atoms with Crippen LogP contribution < -0.4 is 10.1 Å². The van der Waals surface area contributed by atoms with Gasteiger partial charge in [-0.1, -0.05) is 31.0 Å². The second kappa shape index (κ2) is 9.59. The Labute approximate surface area is 170 Å². The first-order valence-corrected chi connectivity index (χ1v) is 9.55. The number of halogens is 1. The largest absolute Gasteiger partial charge is 0.495 e. The average Bonchev–Trinajstić information content (AvgIpc) is 2.93. The topological polar surface area (TPSA) is 82.5 Å². The van der Waals surface area contributed by atoms with E-state index in [1.54, 1.807) is 23.7 Å². The molecule has 0 spiro atoms. The maximum Gasteiger partial charge on any atom is 0.343 e. The lowest BCUT2D eigenvalue weighted by molar-refractivity contribution is -0.123. The summed E-state index contributed by atoms with van der Waals surface area (Å²) in [5.74, 6) is -0.623. The van der Waals surface area contributed by atoms with Gasteiger partial charge in [0.25, 0.3) is 5.91 Å². The summed E-state index contributed by atoms with van der Waals surface area (Å²) in [7, 11) is 1.52. The van der Waals surface area contributed by atoms with Gasteiger partial charge in [0, 0.05) is 6.54 Å². The number of nitrogens with one attached hydrogen (secondary N) is 1. The number of nitrogens with zero attached hydrogens (tertiary/aromatic N) is 2. The van der Waals surface area contributed by atoms with Gasteiger partial charge in [-0.05, 0) is 44.9 Å². The molecule has 0 radical (unpaired) electrons. The van der Waals surface area contributed by atoms with Crippen molar-refractivity contribution in [3.8, 4) is 5.75 Å². The quantitative estimate of drug-likeness (QED) is 0.665. The van der Waals surface area contributed by atoms with Crippen molar-refractivity contribution in [3.05, 3.63) is 40.2 Å². The Kier molecular flexibility index (Phi) is 7.45. The molecule has 28 heavy (non-hydrogen) atoms. The zero-order chi connectivity index (χ0) is 20.8. The molecule has 1 aromatic carbocycles. The number of unbranched alkanes of at least 4 members (excludes halogenated alkanes) is 1. The number of esters is 1. The van der Waals surface area contributed by atoms with E-state index < -0.39 is 18.0 Å². The Bertz CT molecular complexity index is 863. The molecule has 1 heterocycles. The molecule has 0 saturated carbocycles. The van der Waals surface area contributed by atoms with Crippen LogP contribution in [0.15, 0.2) is 18.2 Å². The second-order valence-electron chi connectivity index (χ2n) is 6.57. The lowest BCUT2D eigenvalue weighted by Gasteiger charge is -2.15. The third-order valence-corrected chi connectivity index (χ3v) is 4.64. The molecule has 152 valence electrons. The van der Waals surface area contributed by atoms with Crippen LogP contribution in [-0.4, -0.2) is 34.9 Å². The molecule has 0 aliphatic heterocycles. The van der Waals surface area contributed by atoms with Crippen LogP contribution in [-0.2, 0) is 16.1 Å². The highest BCUT2D eigenvalue weighted by molar-refractivity contribution is 6.32. The van der Waals surface area contributed by atoms with E-state index in [4.69, 9.17) is 21.1 Å². The van der Waals surface area contributed by atoms with Gasteiger partial charge in [-0.2, -0.15) is 5.10 Å². The molecular weight excluding hydrogens is 382 g/mol. The molecule has 7 nitrogen and oxygen atoms in total. The number of methoxy groups -OCH3 is 1. The number of ether oxygens (including phenoxy) is 2. The van der Waals surface area contributed by atoms with Gasteiger partial charge in [0.2, 0.25) is 0 Å². The minimum absolute atomic E-state index is 0.186. The fourth-order valence-electron chi connectivity index (χ4n) is 2.67. The van der Waals surface area contributed by atoms with E-state index in [1.165, 1.54) is 14.0 Å². The molecule has 1 atom stereocenters. The number of hydrogen-bond donors (Lipinski definition) is 1. The van der Waals surface area contributed by atoms with Crippen molar-refractivity contribution in [1.82, 2.24) is 9.78 Å². The van der Waals surface area contributed by atoms with Crippen LogP contribution in [0.3, 0.4) is 0 Å². The van der Waals surface area contributed by atoms with Crippen LogP contribution in [0.25, 0.3) is 0 Å². The van der Waals surface area contributed by atoms with Crippen molar-refractivity contribution in [1.29, 1.82) is 0 Å². The van der Waals surface area contributed by atoms with Crippen molar-refractivity contribution in [2.75, 3.05) is 12.4 Å². The number of carbonyl (C=O) groups excluding carboxylic acids is 2. The van der Waals surface area contributed by atoms with Gasteiger partial charge in [0.05, 0.1) is 18.5 Å². The molecule has 0 bridgehead atoms. The molecule has 2 aromatic rings. The first-order chi connectivity index (χ1) is 13.3. The van der Waals surface area contributed by atoms with Crippen molar-refractivity contribution in [2.45, 2.75) is 53.2 Å². The summed E-state index contributed by atoms with van der Waals surface area (Å²) < 4.78 is 12.2. The number of carbonyl (C=O) groups is 2. The van der Waals surface area contributed by atoms with Gasteiger partial charge in [-0.25, -0.2) is 4.79 Å². The fourth-order valence-corrected chi connectivity index (χ4v) is 3.00. The van der Waals surface area contributed by atoms with Gasteiger partial charge in [0.15, 0.2) is 6.10 Å². The monoisotopic (exact) mass is 407 g/mol. The lowest BCUT2D eigenvalue weighted by Crippen LogP contribution is -2.30. The predicted octanol–water partition coefficient (Wildman–Crippen LogP) is 4.15. The lowest BCUT2D eigenvalue weighted by atomic mass is 10.2. The highest BCUT2D eigenvalue weighted by atomic mass is 35.5. The van der Waals surface area contributed by atoms with Gasteiger partial charge in [-0.3, -0.25) is 9.48 Å². The number of hydrogen-bond acceptors (Lipinski definition) is 5. The van der Waals surface area contributed by atoms with Crippen LogP contribution >= 0.6 is 11.6 Å². The van der Waals surface area contributed by atoms with E-state index in [2.05, 4.69) is 17.3 Å². The summed E-state index contributed by atoms with van der Waals surface area (Å²) in [5.41, 5.74) is 2.13. The fraction of sp³-hybridized carbons (Fsp3) is 0.450. The molecule has 0 saturated heterocycles. The summed E-state index contributed by atoms with van der Waals surface area (Å²) in [6.07, 6.45) is 0.855. The Hall–Kier alpha value is -2.54. The van der Waals surface area contributed by atoms with Gasteiger partial charge in [-0.15, -0.1) is 0 Å². The predicted molar refractivity (Wildman–Crippen MR) is 108 cm³/mol. The maximum absolute atomic E-state index is 12.6. The SMILES string of the molecule is CCCCn1nc(C)c(C(=O)O[C@@H](C)C(=O)Nc2cc(C)ccc2OC)c1Cl. The highest BCUT2D eigenvalue weighted by Crippen LogP contribution is 2.26. The summed E-state index contributed by atoms with van der Waals surface area (Å²) in [4.78, 5) is 25.0. The molecular formula is C20H26ClN3O4. The molecule has 1 amide bonds. The zero-order valence-corrected chi connectivity index (χ0v) is 17.6. The second-order valence-corrected chi connectivity index (χ2v) is 6.93. The highest BCUT2D eigenvalue weighted by Gasteiger charge is 2.26. The smallest absolute Gasteiger partial charge is 0.343 e. The molecule has 8 heteroatoms. The van der Waals surface area contributed by atoms with Crippen molar-refractivity contribution < 1.29 is 19.1 Å². The summed E-state index contributed by atoms with van der Waals surface area (Å²) in [6.45, 7) is 7.77.